The van der Waals surface area contributed by atoms with Crippen LogP contribution in [-0.2, 0) is 4.79 Å². The zero-order valence-electron chi connectivity index (χ0n) is 14.5. The third kappa shape index (κ3) is 4.68. The molecule has 1 atom stereocenters. The Kier molecular flexibility index (Phi) is 6.75. The first-order valence-electron chi connectivity index (χ1n) is 7.83. The van der Waals surface area contributed by atoms with Gasteiger partial charge in [0.15, 0.2) is 0 Å². The number of anilines is 1. The first-order chi connectivity index (χ1) is 10.7. The number of piperazine rings is 1. The number of nitrogens with zero attached hydrogens (tertiary/aromatic N) is 1. The van der Waals surface area contributed by atoms with E-state index in [0.29, 0.717) is 25.3 Å². The minimum atomic E-state index is -0.575. The molecule has 1 fully saturated rings. The van der Waals surface area contributed by atoms with E-state index in [-0.39, 0.29) is 35.8 Å². The average molecular weight is 358 g/mol. The van der Waals surface area contributed by atoms with Gasteiger partial charge in [0.25, 0.3) is 5.91 Å². The lowest BCUT2D eigenvalue weighted by Gasteiger charge is -2.34. The van der Waals surface area contributed by atoms with Gasteiger partial charge < -0.3 is 15.5 Å². The second-order valence-corrected chi connectivity index (χ2v) is 6.95. The SMILES string of the molecule is C[C@H]1CNCCN1C(=O)c1cc(NC(=O)C(C)(C)C)ccc1F.Cl. The van der Waals surface area contributed by atoms with Crippen molar-refractivity contribution in [1.29, 1.82) is 0 Å². The summed E-state index contributed by atoms with van der Waals surface area (Å²) in [6, 6.07) is 4.11. The van der Waals surface area contributed by atoms with Crippen LogP contribution in [0.1, 0.15) is 38.1 Å². The fourth-order valence-corrected chi connectivity index (χ4v) is 2.38. The molecule has 0 aromatic heterocycles. The van der Waals surface area contributed by atoms with Crippen LogP contribution in [0.15, 0.2) is 18.2 Å². The quantitative estimate of drug-likeness (QED) is 0.855. The number of carbonyl (C=O) groups excluding carboxylic acids is 2. The fraction of sp³-hybridized carbons (Fsp3) is 0.529. The highest BCUT2D eigenvalue weighted by Gasteiger charge is 2.27. The molecule has 1 aliphatic rings. The van der Waals surface area contributed by atoms with Crippen LogP contribution < -0.4 is 10.6 Å². The van der Waals surface area contributed by atoms with Gasteiger partial charge in [-0.2, -0.15) is 0 Å². The monoisotopic (exact) mass is 357 g/mol. The molecule has 1 heterocycles. The maximum absolute atomic E-state index is 14.1. The molecule has 0 saturated carbocycles. The van der Waals surface area contributed by atoms with E-state index < -0.39 is 11.2 Å². The Morgan fingerprint density at radius 2 is 2.00 bits per heavy atom. The highest BCUT2D eigenvalue weighted by Crippen LogP contribution is 2.21. The van der Waals surface area contributed by atoms with Gasteiger partial charge >= 0.3 is 0 Å². The standard InChI is InChI=1S/C17H24FN3O2.ClH/c1-11-10-19-7-8-21(11)15(22)13-9-12(5-6-14(13)18)20-16(23)17(2,3)4;/h5-6,9,11,19H,7-8,10H2,1-4H3,(H,20,23);1H/t11-;/m0./s1. The highest BCUT2D eigenvalue weighted by molar-refractivity contribution is 5.98. The summed E-state index contributed by atoms with van der Waals surface area (Å²) in [5.74, 6) is -1.10. The van der Waals surface area contributed by atoms with Crippen LogP contribution in [0.25, 0.3) is 0 Å². The van der Waals surface area contributed by atoms with E-state index in [0.717, 1.165) is 0 Å². The molecule has 0 bridgehead atoms. The summed E-state index contributed by atoms with van der Waals surface area (Å²) in [5.41, 5.74) is -0.145. The molecular weight excluding hydrogens is 333 g/mol. The Labute approximate surface area is 148 Å². The Bertz CT molecular complexity index is 616. The van der Waals surface area contributed by atoms with Crippen LogP contribution in [-0.4, -0.2) is 42.4 Å². The lowest BCUT2D eigenvalue weighted by Crippen LogP contribution is -2.52. The number of halogens is 2. The molecule has 0 radical (unpaired) electrons. The van der Waals surface area contributed by atoms with Crippen molar-refractivity contribution in [2.75, 3.05) is 25.0 Å². The topological polar surface area (TPSA) is 61.4 Å². The molecule has 24 heavy (non-hydrogen) atoms. The normalized spacial score (nSPS) is 17.9. The van der Waals surface area contributed by atoms with Gasteiger partial charge in [0.1, 0.15) is 5.82 Å². The van der Waals surface area contributed by atoms with Crippen molar-refractivity contribution in [3.63, 3.8) is 0 Å². The predicted octanol–water partition coefficient (Wildman–Crippen LogP) is 2.67. The highest BCUT2D eigenvalue weighted by atomic mass is 35.5. The van der Waals surface area contributed by atoms with Gasteiger partial charge in [-0.3, -0.25) is 9.59 Å². The maximum Gasteiger partial charge on any atom is 0.257 e. The molecule has 0 spiro atoms. The Balaban J connectivity index is 0.00000288. The van der Waals surface area contributed by atoms with Gasteiger partial charge in [-0.05, 0) is 25.1 Å². The van der Waals surface area contributed by atoms with Crippen molar-refractivity contribution in [2.45, 2.75) is 33.7 Å². The Hall–Kier alpha value is -1.66. The third-order valence-electron chi connectivity index (χ3n) is 3.90. The summed E-state index contributed by atoms with van der Waals surface area (Å²) in [6.07, 6.45) is 0. The molecule has 2 amide bonds. The van der Waals surface area contributed by atoms with Gasteiger partial charge in [-0.15, -0.1) is 12.4 Å². The zero-order chi connectivity index (χ0) is 17.2. The number of rotatable bonds is 2. The molecule has 1 saturated heterocycles. The van der Waals surface area contributed by atoms with Crippen LogP contribution in [0, 0.1) is 11.2 Å². The van der Waals surface area contributed by atoms with E-state index in [4.69, 9.17) is 0 Å². The summed E-state index contributed by atoms with van der Waals surface area (Å²) in [4.78, 5) is 26.3. The number of hydrogen-bond acceptors (Lipinski definition) is 3. The van der Waals surface area contributed by atoms with Gasteiger partial charge in [0.05, 0.1) is 5.56 Å². The van der Waals surface area contributed by atoms with Crippen molar-refractivity contribution >= 4 is 29.9 Å². The number of amides is 2. The minimum absolute atomic E-state index is 0. The number of hydrogen-bond donors (Lipinski definition) is 2. The largest absolute Gasteiger partial charge is 0.333 e. The van der Waals surface area contributed by atoms with Crippen molar-refractivity contribution < 1.29 is 14.0 Å². The van der Waals surface area contributed by atoms with Crippen LogP contribution in [0.2, 0.25) is 0 Å². The second-order valence-electron chi connectivity index (χ2n) is 6.95. The van der Waals surface area contributed by atoms with Crippen LogP contribution in [0.4, 0.5) is 10.1 Å². The molecule has 134 valence electrons. The fourth-order valence-electron chi connectivity index (χ4n) is 2.38. The molecule has 5 nitrogen and oxygen atoms in total. The van der Waals surface area contributed by atoms with Crippen molar-refractivity contribution in [3.8, 4) is 0 Å². The number of benzene rings is 1. The van der Waals surface area contributed by atoms with E-state index in [1.165, 1.54) is 18.2 Å². The smallest absolute Gasteiger partial charge is 0.257 e. The first-order valence-corrected chi connectivity index (χ1v) is 7.83. The van der Waals surface area contributed by atoms with Crippen LogP contribution >= 0.6 is 12.4 Å². The molecule has 2 rings (SSSR count). The molecule has 1 aromatic rings. The van der Waals surface area contributed by atoms with Gasteiger partial charge in [0, 0.05) is 36.8 Å². The molecule has 1 aromatic carbocycles. The number of carbonyl (C=O) groups is 2. The lowest BCUT2D eigenvalue weighted by atomic mass is 9.95. The minimum Gasteiger partial charge on any atom is -0.333 e. The summed E-state index contributed by atoms with van der Waals surface area (Å²) in [7, 11) is 0. The maximum atomic E-state index is 14.1. The molecular formula is C17H25ClFN3O2. The number of nitrogens with one attached hydrogen (secondary N) is 2. The summed E-state index contributed by atoms with van der Waals surface area (Å²) >= 11 is 0. The lowest BCUT2D eigenvalue weighted by molar-refractivity contribution is -0.123. The molecule has 7 heteroatoms. The molecule has 0 aliphatic carbocycles. The van der Waals surface area contributed by atoms with E-state index in [1.54, 1.807) is 25.7 Å². The van der Waals surface area contributed by atoms with E-state index in [9.17, 15) is 14.0 Å². The second kappa shape index (κ2) is 7.94. The molecule has 0 unspecified atom stereocenters. The Morgan fingerprint density at radius 1 is 1.33 bits per heavy atom. The summed E-state index contributed by atoms with van der Waals surface area (Å²) in [5, 5.41) is 5.92. The van der Waals surface area contributed by atoms with E-state index >= 15 is 0 Å². The summed E-state index contributed by atoms with van der Waals surface area (Å²) in [6.45, 7) is 9.22. The van der Waals surface area contributed by atoms with E-state index in [2.05, 4.69) is 10.6 Å². The van der Waals surface area contributed by atoms with Crippen molar-refractivity contribution in [2.24, 2.45) is 5.41 Å². The molecule has 1 aliphatic heterocycles. The van der Waals surface area contributed by atoms with Gasteiger partial charge in [-0.25, -0.2) is 4.39 Å². The molecule has 2 N–H and O–H groups in total. The zero-order valence-corrected chi connectivity index (χ0v) is 15.3. The van der Waals surface area contributed by atoms with Crippen molar-refractivity contribution in [3.05, 3.63) is 29.6 Å². The van der Waals surface area contributed by atoms with Crippen LogP contribution in [0.3, 0.4) is 0 Å². The van der Waals surface area contributed by atoms with Gasteiger partial charge in [0.2, 0.25) is 5.91 Å². The third-order valence-corrected chi connectivity index (χ3v) is 3.90. The Morgan fingerprint density at radius 3 is 2.58 bits per heavy atom. The van der Waals surface area contributed by atoms with Gasteiger partial charge in [-0.1, -0.05) is 20.8 Å². The van der Waals surface area contributed by atoms with Crippen LogP contribution in [0.5, 0.6) is 0 Å². The predicted molar refractivity (Wildman–Crippen MR) is 95.1 cm³/mol. The first kappa shape index (κ1) is 20.4. The van der Waals surface area contributed by atoms with Crippen molar-refractivity contribution in [1.82, 2.24) is 10.2 Å². The summed E-state index contributed by atoms with van der Waals surface area (Å²) < 4.78 is 14.1. The average Bonchev–Trinajstić information content (AvgIpc) is 2.48. The van der Waals surface area contributed by atoms with E-state index in [1.807, 2.05) is 6.92 Å².